The van der Waals surface area contributed by atoms with E-state index in [0.29, 0.717) is 24.4 Å². The smallest absolute Gasteiger partial charge is 0.158 e. The first kappa shape index (κ1) is 15.2. The summed E-state index contributed by atoms with van der Waals surface area (Å²) in [6.07, 6.45) is 1.53. The van der Waals surface area contributed by atoms with E-state index in [2.05, 4.69) is 5.10 Å². The van der Waals surface area contributed by atoms with Gasteiger partial charge in [-0.05, 0) is 26.7 Å². The number of halogens is 1. The van der Waals surface area contributed by atoms with Gasteiger partial charge in [0.05, 0.1) is 28.4 Å². The third-order valence-electron chi connectivity index (χ3n) is 3.60. The number of Topliss-reactive ketones (excluding diaryl/α,β-unsaturated/α-hetero) is 1. The summed E-state index contributed by atoms with van der Waals surface area (Å²) in [7, 11) is 0. The zero-order valence-corrected chi connectivity index (χ0v) is 12.3. The lowest BCUT2D eigenvalue weighted by molar-refractivity contribution is -0.123. The van der Waals surface area contributed by atoms with Gasteiger partial charge >= 0.3 is 0 Å². The summed E-state index contributed by atoms with van der Waals surface area (Å²) < 4.78 is 1.78. The average molecular weight is 272 g/mol. The van der Waals surface area contributed by atoms with Crippen molar-refractivity contribution in [2.24, 2.45) is 5.73 Å². The summed E-state index contributed by atoms with van der Waals surface area (Å²) in [6, 6.07) is 0. The van der Waals surface area contributed by atoms with Crippen LogP contribution in [0.25, 0.3) is 0 Å². The number of ketones is 1. The van der Waals surface area contributed by atoms with E-state index < -0.39 is 5.54 Å². The number of hydrogen-bond acceptors (Lipinski definition) is 3. The molecular formula is C13H22ClN3O. The summed E-state index contributed by atoms with van der Waals surface area (Å²) in [5, 5.41) is 4.89. The highest BCUT2D eigenvalue weighted by Crippen LogP contribution is 2.23. The normalized spacial score (nSPS) is 11.9. The lowest BCUT2D eigenvalue weighted by Crippen LogP contribution is -2.47. The minimum atomic E-state index is -0.750. The second-order valence-corrected chi connectivity index (χ2v) is 5.00. The fourth-order valence-corrected chi connectivity index (χ4v) is 2.21. The molecule has 0 fully saturated rings. The number of aromatic nitrogens is 2. The molecule has 0 bridgehead atoms. The molecule has 0 saturated carbocycles. The van der Waals surface area contributed by atoms with Crippen LogP contribution in [0.1, 0.15) is 45.0 Å². The number of nitrogens with zero attached hydrogens (tertiary/aromatic N) is 2. The predicted molar refractivity (Wildman–Crippen MR) is 73.9 cm³/mol. The average Bonchev–Trinajstić information content (AvgIpc) is 2.65. The van der Waals surface area contributed by atoms with Crippen LogP contribution in [0.2, 0.25) is 5.02 Å². The van der Waals surface area contributed by atoms with Crippen molar-refractivity contribution in [1.29, 1.82) is 0 Å². The largest absolute Gasteiger partial charge is 0.319 e. The van der Waals surface area contributed by atoms with Crippen LogP contribution >= 0.6 is 11.6 Å². The Kier molecular flexibility index (Phi) is 4.93. The molecule has 0 atom stereocenters. The molecule has 1 aromatic rings. The standard InChI is InChI=1S/C13H22ClN3O/c1-5-13(15,6-2)11(18)8-10-12(14)9(4)16-17(10)7-3/h5-8,15H2,1-4H3. The van der Waals surface area contributed by atoms with E-state index in [0.717, 1.165) is 11.4 Å². The Morgan fingerprint density at radius 2 is 1.94 bits per heavy atom. The van der Waals surface area contributed by atoms with E-state index in [1.54, 1.807) is 4.68 Å². The van der Waals surface area contributed by atoms with Crippen LogP contribution in [0.5, 0.6) is 0 Å². The Morgan fingerprint density at radius 1 is 1.39 bits per heavy atom. The van der Waals surface area contributed by atoms with Gasteiger partial charge in [0, 0.05) is 6.54 Å². The number of nitrogens with two attached hydrogens (primary N) is 1. The third kappa shape index (κ3) is 2.75. The highest BCUT2D eigenvalue weighted by Gasteiger charge is 2.31. The minimum Gasteiger partial charge on any atom is -0.319 e. The Bertz CT molecular complexity index is 436. The first-order valence-electron chi connectivity index (χ1n) is 6.43. The highest BCUT2D eigenvalue weighted by atomic mass is 35.5. The second kappa shape index (κ2) is 5.85. The van der Waals surface area contributed by atoms with Gasteiger partial charge in [-0.3, -0.25) is 9.48 Å². The van der Waals surface area contributed by atoms with Crippen LogP contribution in [0.3, 0.4) is 0 Å². The fourth-order valence-electron chi connectivity index (χ4n) is 2.01. The molecule has 2 N–H and O–H groups in total. The molecule has 1 aromatic heterocycles. The molecular weight excluding hydrogens is 250 g/mol. The molecule has 102 valence electrons. The first-order valence-corrected chi connectivity index (χ1v) is 6.81. The van der Waals surface area contributed by atoms with Crippen LogP contribution in [0.15, 0.2) is 0 Å². The zero-order valence-electron chi connectivity index (χ0n) is 11.6. The second-order valence-electron chi connectivity index (χ2n) is 4.63. The van der Waals surface area contributed by atoms with Gasteiger partial charge in [-0.25, -0.2) is 0 Å². The molecule has 0 aliphatic heterocycles. The van der Waals surface area contributed by atoms with E-state index in [1.165, 1.54) is 0 Å². The predicted octanol–water partition coefficient (Wildman–Crippen LogP) is 2.49. The van der Waals surface area contributed by atoms with E-state index in [-0.39, 0.29) is 12.2 Å². The molecule has 0 amide bonds. The SMILES string of the molecule is CCn1nc(C)c(Cl)c1CC(=O)C(N)(CC)CC. The van der Waals surface area contributed by atoms with E-state index in [1.807, 2.05) is 27.7 Å². The molecule has 0 aliphatic rings. The lowest BCUT2D eigenvalue weighted by Gasteiger charge is -2.25. The molecule has 4 nitrogen and oxygen atoms in total. The van der Waals surface area contributed by atoms with E-state index in [4.69, 9.17) is 17.3 Å². The van der Waals surface area contributed by atoms with Crippen molar-refractivity contribution in [3.63, 3.8) is 0 Å². The molecule has 0 aliphatic carbocycles. The van der Waals surface area contributed by atoms with Crippen LogP contribution in [0, 0.1) is 6.92 Å². The first-order chi connectivity index (χ1) is 8.39. The molecule has 0 spiro atoms. The molecule has 0 saturated heterocycles. The van der Waals surface area contributed by atoms with Crippen molar-refractivity contribution in [1.82, 2.24) is 9.78 Å². The van der Waals surface area contributed by atoms with E-state index >= 15 is 0 Å². The van der Waals surface area contributed by atoms with Crippen molar-refractivity contribution < 1.29 is 4.79 Å². The van der Waals surface area contributed by atoms with Crippen LogP contribution in [0.4, 0.5) is 0 Å². The van der Waals surface area contributed by atoms with Crippen molar-refractivity contribution >= 4 is 17.4 Å². The van der Waals surface area contributed by atoms with Crippen LogP contribution in [-0.2, 0) is 17.8 Å². The molecule has 5 heteroatoms. The van der Waals surface area contributed by atoms with Gasteiger partial charge in [0.1, 0.15) is 0 Å². The summed E-state index contributed by atoms with van der Waals surface area (Å²) in [4.78, 5) is 12.3. The van der Waals surface area contributed by atoms with Crippen molar-refractivity contribution in [2.45, 2.75) is 59.0 Å². The van der Waals surface area contributed by atoms with Gasteiger partial charge in [-0.15, -0.1) is 0 Å². The topological polar surface area (TPSA) is 60.9 Å². The number of carbonyl (C=O) groups is 1. The Labute approximate surface area is 113 Å². The zero-order chi connectivity index (χ0) is 13.9. The van der Waals surface area contributed by atoms with Crippen LogP contribution < -0.4 is 5.73 Å². The van der Waals surface area contributed by atoms with Crippen molar-refractivity contribution in [3.05, 3.63) is 16.4 Å². The summed E-state index contributed by atoms with van der Waals surface area (Å²) in [6.45, 7) is 8.40. The molecule has 0 radical (unpaired) electrons. The van der Waals surface area contributed by atoms with E-state index in [9.17, 15) is 4.79 Å². The Hall–Kier alpha value is -0.870. The van der Waals surface area contributed by atoms with Crippen molar-refractivity contribution in [2.75, 3.05) is 0 Å². The number of aryl methyl sites for hydroxylation is 2. The molecule has 0 unspecified atom stereocenters. The Balaban J connectivity index is 3.01. The maximum atomic E-state index is 12.3. The molecule has 1 rings (SSSR count). The maximum absolute atomic E-state index is 12.3. The van der Waals surface area contributed by atoms with Crippen LogP contribution in [-0.4, -0.2) is 21.1 Å². The summed E-state index contributed by atoms with van der Waals surface area (Å²) in [5.41, 5.74) is 6.90. The lowest BCUT2D eigenvalue weighted by atomic mass is 9.87. The summed E-state index contributed by atoms with van der Waals surface area (Å²) >= 11 is 6.20. The maximum Gasteiger partial charge on any atom is 0.158 e. The molecule has 1 heterocycles. The fraction of sp³-hybridized carbons (Fsp3) is 0.692. The Morgan fingerprint density at radius 3 is 2.39 bits per heavy atom. The van der Waals surface area contributed by atoms with Gasteiger partial charge in [-0.1, -0.05) is 25.4 Å². The monoisotopic (exact) mass is 271 g/mol. The number of rotatable bonds is 6. The number of hydrogen-bond donors (Lipinski definition) is 1. The quantitative estimate of drug-likeness (QED) is 0.865. The van der Waals surface area contributed by atoms with Gasteiger partial charge in [-0.2, -0.15) is 5.10 Å². The van der Waals surface area contributed by atoms with Gasteiger partial charge in [0.25, 0.3) is 0 Å². The molecule has 18 heavy (non-hydrogen) atoms. The van der Waals surface area contributed by atoms with Gasteiger partial charge < -0.3 is 5.73 Å². The number of carbonyl (C=O) groups excluding carboxylic acids is 1. The molecule has 0 aromatic carbocycles. The third-order valence-corrected chi connectivity index (χ3v) is 4.09. The highest BCUT2D eigenvalue weighted by molar-refractivity contribution is 6.32. The summed E-state index contributed by atoms with van der Waals surface area (Å²) in [5.74, 6) is 0.0315. The van der Waals surface area contributed by atoms with Crippen molar-refractivity contribution in [3.8, 4) is 0 Å². The van der Waals surface area contributed by atoms with Gasteiger partial charge in [0.15, 0.2) is 5.78 Å². The van der Waals surface area contributed by atoms with Gasteiger partial charge in [0.2, 0.25) is 0 Å². The minimum absolute atomic E-state index is 0.0315.